The molecular formula is C15H18N2O3. The van der Waals surface area contributed by atoms with E-state index in [9.17, 15) is 10.1 Å². The molecule has 1 aromatic carbocycles. The molecule has 2 unspecified atom stereocenters. The molecule has 3 rings (SSSR count). The van der Waals surface area contributed by atoms with Crippen LogP contribution in [0.3, 0.4) is 0 Å². The Hall–Kier alpha value is -1.91. The Morgan fingerprint density at radius 3 is 2.50 bits per heavy atom. The van der Waals surface area contributed by atoms with Crippen LogP contribution in [0.1, 0.15) is 37.7 Å². The lowest BCUT2D eigenvalue weighted by Gasteiger charge is -2.26. The van der Waals surface area contributed by atoms with Gasteiger partial charge in [0.2, 0.25) is 6.10 Å². The molecule has 1 aliphatic heterocycles. The minimum absolute atomic E-state index is 0.238. The van der Waals surface area contributed by atoms with Crippen LogP contribution in [0, 0.1) is 16.0 Å². The zero-order valence-electron chi connectivity index (χ0n) is 11.3. The average molecular weight is 274 g/mol. The van der Waals surface area contributed by atoms with Crippen LogP contribution in [-0.4, -0.2) is 22.8 Å². The lowest BCUT2D eigenvalue weighted by Crippen LogP contribution is -2.42. The van der Waals surface area contributed by atoms with Gasteiger partial charge in [0.1, 0.15) is 0 Å². The predicted molar refractivity (Wildman–Crippen MR) is 75.2 cm³/mol. The first-order chi connectivity index (χ1) is 9.77. The first kappa shape index (κ1) is 13.1. The van der Waals surface area contributed by atoms with Gasteiger partial charge in [-0.2, -0.15) is 0 Å². The SMILES string of the molecule is O=[N+]([O-])C1C(c2ccccc2)=NOC1C1CCCCC1. The van der Waals surface area contributed by atoms with E-state index in [2.05, 4.69) is 5.16 Å². The lowest BCUT2D eigenvalue weighted by atomic mass is 9.81. The summed E-state index contributed by atoms with van der Waals surface area (Å²) in [5, 5.41) is 15.5. The Bertz CT molecular complexity index is 509. The molecule has 1 aromatic rings. The molecule has 0 spiro atoms. The molecule has 1 aliphatic carbocycles. The number of nitro groups is 1. The fraction of sp³-hybridized carbons (Fsp3) is 0.533. The molecule has 1 fully saturated rings. The Morgan fingerprint density at radius 1 is 1.15 bits per heavy atom. The molecule has 2 atom stereocenters. The van der Waals surface area contributed by atoms with Gasteiger partial charge in [-0.25, -0.2) is 0 Å². The average Bonchev–Trinajstić information content (AvgIpc) is 2.94. The van der Waals surface area contributed by atoms with Crippen LogP contribution in [0.25, 0.3) is 0 Å². The van der Waals surface area contributed by atoms with Crippen LogP contribution in [0.15, 0.2) is 35.5 Å². The monoisotopic (exact) mass is 274 g/mol. The highest BCUT2D eigenvalue weighted by Crippen LogP contribution is 2.34. The molecule has 0 saturated heterocycles. The van der Waals surface area contributed by atoms with E-state index in [0.717, 1.165) is 31.2 Å². The van der Waals surface area contributed by atoms with Gasteiger partial charge in [0.25, 0.3) is 6.04 Å². The van der Waals surface area contributed by atoms with Crippen molar-refractivity contribution in [3.05, 3.63) is 46.0 Å². The molecule has 1 heterocycles. The van der Waals surface area contributed by atoms with E-state index in [0.29, 0.717) is 5.71 Å². The van der Waals surface area contributed by atoms with E-state index in [1.165, 1.54) is 6.42 Å². The highest BCUT2D eigenvalue weighted by atomic mass is 16.7. The van der Waals surface area contributed by atoms with Crippen molar-refractivity contribution in [3.8, 4) is 0 Å². The summed E-state index contributed by atoms with van der Waals surface area (Å²) in [6, 6.07) is 8.48. The zero-order valence-corrected chi connectivity index (χ0v) is 11.3. The Kier molecular flexibility index (Phi) is 3.67. The Morgan fingerprint density at radius 2 is 1.85 bits per heavy atom. The van der Waals surface area contributed by atoms with Crippen LogP contribution in [0.5, 0.6) is 0 Å². The van der Waals surface area contributed by atoms with Crippen molar-refractivity contribution in [1.29, 1.82) is 0 Å². The third kappa shape index (κ3) is 2.40. The maximum atomic E-state index is 11.5. The van der Waals surface area contributed by atoms with Gasteiger partial charge in [0.05, 0.1) is 0 Å². The molecule has 106 valence electrons. The van der Waals surface area contributed by atoms with E-state index in [4.69, 9.17) is 4.84 Å². The second-order valence-electron chi connectivity index (χ2n) is 5.54. The summed E-state index contributed by atoms with van der Waals surface area (Å²) in [4.78, 5) is 16.7. The fourth-order valence-electron chi connectivity index (χ4n) is 3.24. The smallest absolute Gasteiger partial charge is 0.297 e. The summed E-state index contributed by atoms with van der Waals surface area (Å²) < 4.78 is 0. The summed E-state index contributed by atoms with van der Waals surface area (Å²) in [6.07, 6.45) is 5.10. The second kappa shape index (κ2) is 5.61. The number of nitrogens with zero attached hydrogens (tertiary/aromatic N) is 2. The maximum Gasteiger partial charge on any atom is 0.297 e. The molecule has 1 saturated carbocycles. The van der Waals surface area contributed by atoms with Crippen molar-refractivity contribution >= 4 is 5.71 Å². The van der Waals surface area contributed by atoms with Crippen molar-refractivity contribution in [1.82, 2.24) is 0 Å². The van der Waals surface area contributed by atoms with Crippen LogP contribution in [0.2, 0.25) is 0 Å². The standard InChI is InChI=1S/C15H18N2O3/c18-17(19)14-13(11-7-3-1-4-8-11)16-20-15(14)12-9-5-2-6-10-12/h1,3-4,7-8,12,14-15H,2,5-6,9-10H2. The van der Waals surface area contributed by atoms with Crippen molar-refractivity contribution in [2.75, 3.05) is 0 Å². The third-order valence-corrected chi connectivity index (χ3v) is 4.28. The summed E-state index contributed by atoms with van der Waals surface area (Å²) in [6.45, 7) is 0. The van der Waals surface area contributed by atoms with Crippen LogP contribution in [-0.2, 0) is 4.84 Å². The van der Waals surface area contributed by atoms with Gasteiger partial charge in [0.15, 0.2) is 5.71 Å². The van der Waals surface area contributed by atoms with Crippen molar-refractivity contribution in [3.63, 3.8) is 0 Å². The largest absolute Gasteiger partial charge is 0.384 e. The molecule has 2 aliphatic rings. The van der Waals surface area contributed by atoms with Gasteiger partial charge in [-0.3, -0.25) is 10.1 Å². The van der Waals surface area contributed by atoms with Gasteiger partial charge < -0.3 is 4.84 Å². The van der Waals surface area contributed by atoms with Crippen molar-refractivity contribution < 1.29 is 9.76 Å². The minimum atomic E-state index is -0.833. The Balaban J connectivity index is 1.84. The summed E-state index contributed by atoms with van der Waals surface area (Å²) >= 11 is 0. The summed E-state index contributed by atoms with van der Waals surface area (Å²) in [5.74, 6) is 0.254. The minimum Gasteiger partial charge on any atom is -0.384 e. The van der Waals surface area contributed by atoms with Gasteiger partial charge in [-0.15, -0.1) is 0 Å². The van der Waals surface area contributed by atoms with Crippen molar-refractivity contribution in [2.24, 2.45) is 11.1 Å². The quantitative estimate of drug-likeness (QED) is 0.628. The Labute approximate surface area is 117 Å². The third-order valence-electron chi connectivity index (χ3n) is 4.28. The zero-order chi connectivity index (χ0) is 13.9. The van der Waals surface area contributed by atoms with E-state index < -0.39 is 12.1 Å². The van der Waals surface area contributed by atoms with Crippen LogP contribution < -0.4 is 0 Å². The van der Waals surface area contributed by atoms with E-state index >= 15 is 0 Å². The summed E-state index contributed by atoms with van der Waals surface area (Å²) in [5.41, 5.74) is 1.25. The van der Waals surface area contributed by atoms with E-state index in [1.807, 2.05) is 30.3 Å². The molecule has 0 amide bonds. The molecule has 0 bridgehead atoms. The van der Waals surface area contributed by atoms with Gasteiger partial charge in [-0.1, -0.05) is 54.8 Å². The topological polar surface area (TPSA) is 64.7 Å². The number of rotatable bonds is 3. The van der Waals surface area contributed by atoms with Gasteiger partial charge in [-0.05, 0) is 12.8 Å². The number of hydrogen-bond donors (Lipinski definition) is 0. The highest BCUT2D eigenvalue weighted by Gasteiger charge is 2.48. The normalized spacial score (nSPS) is 26.9. The van der Waals surface area contributed by atoms with Crippen LogP contribution in [0.4, 0.5) is 0 Å². The highest BCUT2D eigenvalue weighted by molar-refractivity contribution is 6.04. The lowest BCUT2D eigenvalue weighted by molar-refractivity contribution is -0.513. The molecule has 0 radical (unpaired) electrons. The first-order valence-corrected chi connectivity index (χ1v) is 7.20. The summed E-state index contributed by atoms with van der Waals surface area (Å²) in [7, 11) is 0. The molecule has 20 heavy (non-hydrogen) atoms. The predicted octanol–water partition coefficient (Wildman–Crippen LogP) is 3.02. The van der Waals surface area contributed by atoms with E-state index in [-0.39, 0.29) is 10.8 Å². The number of oxime groups is 1. The molecule has 5 heteroatoms. The van der Waals surface area contributed by atoms with Gasteiger partial charge in [0, 0.05) is 16.4 Å². The molecule has 0 aromatic heterocycles. The maximum absolute atomic E-state index is 11.5. The fourth-order valence-corrected chi connectivity index (χ4v) is 3.24. The van der Waals surface area contributed by atoms with Gasteiger partial charge >= 0.3 is 0 Å². The number of benzene rings is 1. The molecule has 0 N–H and O–H groups in total. The molecular weight excluding hydrogens is 256 g/mol. The first-order valence-electron chi connectivity index (χ1n) is 7.20. The molecule has 5 nitrogen and oxygen atoms in total. The van der Waals surface area contributed by atoms with E-state index in [1.54, 1.807) is 0 Å². The van der Waals surface area contributed by atoms with Crippen LogP contribution >= 0.6 is 0 Å². The van der Waals surface area contributed by atoms with Crippen molar-refractivity contribution in [2.45, 2.75) is 44.2 Å². The number of hydrogen-bond acceptors (Lipinski definition) is 4. The second-order valence-corrected chi connectivity index (χ2v) is 5.54.